The van der Waals surface area contributed by atoms with Crippen molar-refractivity contribution in [3.63, 3.8) is 0 Å². The lowest BCUT2D eigenvalue weighted by Gasteiger charge is -2.03. The first kappa shape index (κ1) is 12.3. The molecule has 6 heteroatoms. The van der Waals surface area contributed by atoms with Gasteiger partial charge in [0.1, 0.15) is 11.4 Å². The molecule has 96 valence electrons. The fourth-order valence-corrected chi connectivity index (χ4v) is 3.56. The molecule has 0 saturated carbocycles. The average molecular weight is 288 g/mol. The summed E-state index contributed by atoms with van der Waals surface area (Å²) < 4.78 is 0. The fourth-order valence-electron chi connectivity index (χ4n) is 1.79. The van der Waals surface area contributed by atoms with Gasteiger partial charge in [0.05, 0.1) is 9.75 Å². The number of hydrogen-bond donors (Lipinski definition) is 1. The number of thiophene rings is 2. The SMILES string of the molecule is Cc1csc(-c2nnc(N)nc2-c2cc(C)cs2)c1. The van der Waals surface area contributed by atoms with Gasteiger partial charge >= 0.3 is 0 Å². The first-order valence-electron chi connectivity index (χ1n) is 5.74. The molecule has 3 heterocycles. The Balaban J connectivity index is 2.20. The van der Waals surface area contributed by atoms with Crippen LogP contribution in [0.1, 0.15) is 11.1 Å². The Morgan fingerprint density at radius 3 is 2.00 bits per heavy atom. The van der Waals surface area contributed by atoms with Crippen molar-refractivity contribution < 1.29 is 0 Å². The first-order chi connectivity index (χ1) is 9.13. The topological polar surface area (TPSA) is 64.7 Å². The molecule has 0 fully saturated rings. The zero-order valence-corrected chi connectivity index (χ0v) is 12.2. The summed E-state index contributed by atoms with van der Waals surface area (Å²) in [5.41, 5.74) is 9.72. The summed E-state index contributed by atoms with van der Waals surface area (Å²) in [4.78, 5) is 6.50. The maximum atomic E-state index is 5.68. The second-order valence-electron chi connectivity index (χ2n) is 4.34. The molecule has 0 aliphatic carbocycles. The van der Waals surface area contributed by atoms with Crippen molar-refractivity contribution >= 4 is 28.6 Å². The summed E-state index contributed by atoms with van der Waals surface area (Å²) in [6.07, 6.45) is 0. The molecule has 0 bridgehead atoms. The normalized spacial score (nSPS) is 10.8. The highest BCUT2D eigenvalue weighted by molar-refractivity contribution is 7.14. The van der Waals surface area contributed by atoms with Crippen LogP contribution in [0, 0.1) is 13.8 Å². The van der Waals surface area contributed by atoms with Crippen molar-refractivity contribution in [2.45, 2.75) is 13.8 Å². The van der Waals surface area contributed by atoms with Crippen LogP contribution < -0.4 is 5.73 Å². The van der Waals surface area contributed by atoms with Crippen LogP contribution in [0.3, 0.4) is 0 Å². The van der Waals surface area contributed by atoms with Gasteiger partial charge in [-0.15, -0.1) is 32.9 Å². The smallest absolute Gasteiger partial charge is 0.240 e. The Bertz CT molecular complexity index is 730. The van der Waals surface area contributed by atoms with Crippen LogP contribution in [0.15, 0.2) is 22.9 Å². The zero-order valence-electron chi connectivity index (χ0n) is 10.5. The maximum absolute atomic E-state index is 5.68. The molecule has 0 saturated heterocycles. The number of rotatable bonds is 2. The van der Waals surface area contributed by atoms with E-state index in [1.807, 2.05) is 0 Å². The molecule has 19 heavy (non-hydrogen) atoms. The number of aryl methyl sites for hydroxylation is 2. The standard InChI is InChI=1S/C13H12N4S2/c1-7-3-9(18-5-7)11-12(16-17-13(14)15-11)10-4-8(2)6-19-10/h3-6H,1-2H3,(H2,14,15,17). The molecular weight excluding hydrogens is 276 g/mol. The third kappa shape index (κ3) is 2.36. The Morgan fingerprint density at radius 1 is 0.895 bits per heavy atom. The summed E-state index contributed by atoms with van der Waals surface area (Å²) in [5, 5.41) is 12.3. The van der Waals surface area contributed by atoms with Gasteiger partial charge in [-0.05, 0) is 47.9 Å². The minimum Gasteiger partial charge on any atom is -0.366 e. The summed E-state index contributed by atoms with van der Waals surface area (Å²) in [6, 6.07) is 4.19. The quantitative estimate of drug-likeness (QED) is 0.783. The largest absolute Gasteiger partial charge is 0.366 e. The molecule has 0 unspecified atom stereocenters. The summed E-state index contributed by atoms with van der Waals surface area (Å²) in [5.74, 6) is 0.207. The van der Waals surface area contributed by atoms with Gasteiger partial charge in [-0.2, -0.15) is 0 Å². The van der Waals surface area contributed by atoms with Gasteiger partial charge < -0.3 is 5.73 Å². The average Bonchev–Trinajstić information content (AvgIpc) is 2.98. The number of nitrogens with two attached hydrogens (primary N) is 1. The molecule has 0 aromatic carbocycles. The van der Waals surface area contributed by atoms with Crippen LogP contribution in [-0.2, 0) is 0 Å². The summed E-state index contributed by atoms with van der Waals surface area (Å²) in [6.45, 7) is 4.13. The van der Waals surface area contributed by atoms with E-state index in [4.69, 9.17) is 5.73 Å². The minimum atomic E-state index is 0.207. The molecule has 0 atom stereocenters. The van der Waals surface area contributed by atoms with E-state index in [2.05, 4.69) is 51.9 Å². The van der Waals surface area contributed by atoms with E-state index >= 15 is 0 Å². The molecule has 0 radical (unpaired) electrons. The molecule has 3 rings (SSSR count). The Morgan fingerprint density at radius 2 is 1.47 bits per heavy atom. The molecule has 0 aliphatic rings. The van der Waals surface area contributed by atoms with Crippen molar-refractivity contribution in [3.8, 4) is 21.1 Å². The number of anilines is 1. The molecule has 3 aromatic heterocycles. The Labute approximate surface area is 119 Å². The molecular formula is C13H12N4S2. The van der Waals surface area contributed by atoms with Crippen LogP contribution in [0.4, 0.5) is 5.95 Å². The van der Waals surface area contributed by atoms with Crippen LogP contribution in [0.2, 0.25) is 0 Å². The second-order valence-corrected chi connectivity index (χ2v) is 6.17. The number of nitrogen functional groups attached to an aromatic ring is 1. The van der Waals surface area contributed by atoms with Crippen LogP contribution >= 0.6 is 22.7 Å². The van der Waals surface area contributed by atoms with Gasteiger partial charge in [0.2, 0.25) is 5.95 Å². The van der Waals surface area contributed by atoms with E-state index in [1.165, 1.54) is 11.1 Å². The van der Waals surface area contributed by atoms with Crippen molar-refractivity contribution in [2.75, 3.05) is 5.73 Å². The highest BCUT2D eigenvalue weighted by Crippen LogP contribution is 2.35. The van der Waals surface area contributed by atoms with E-state index in [1.54, 1.807) is 22.7 Å². The van der Waals surface area contributed by atoms with Gasteiger partial charge in [-0.25, -0.2) is 4.98 Å². The summed E-state index contributed by atoms with van der Waals surface area (Å²) in [7, 11) is 0. The lowest BCUT2D eigenvalue weighted by molar-refractivity contribution is 1.00. The first-order valence-corrected chi connectivity index (χ1v) is 7.50. The highest BCUT2D eigenvalue weighted by atomic mass is 32.1. The number of aromatic nitrogens is 3. The van der Waals surface area contributed by atoms with Crippen LogP contribution in [-0.4, -0.2) is 15.2 Å². The van der Waals surface area contributed by atoms with E-state index in [0.29, 0.717) is 0 Å². The van der Waals surface area contributed by atoms with Crippen molar-refractivity contribution in [1.29, 1.82) is 0 Å². The van der Waals surface area contributed by atoms with Gasteiger partial charge in [0.25, 0.3) is 0 Å². The van der Waals surface area contributed by atoms with E-state index in [-0.39, 0.29) is 5.95 Å². The molecule has 2 N–H and O–H groups in total. The van der Waals surface area contributed by atoms with Gasteiger partial charge in [-0.1, -0.05) is 0 Å². The monoisotopic (exact) mass is 288 g/mol. The lowest BCUT2D eigenvalue weighted by atomic mass is 10.2. The molecule has 0 aliphatic heterocycles. The molecule has 4 nitrogen and oxygen atoms in total. The third-order valence-electron chi connectivity index (χ3n) is 2.63. The second kappa shape index (κ2) is 4.71. The van der Waals surface area contributed by atoms with Crippen LogP contribution in [0.25, 0.3) is 21.1 Å². The van der Waals surface area contributed by atoms with Crippen molar-refractivity contribution in [1.82, 2.24) is 15.2 Å². The van der Waals surface area contributed by atoms with Crippen molar-refractivity contribution in [3.05, 3.63) is 34.0 Å². The minimum absolute atomic E-state index is 0.207. The van der Waals surface area contributed by atoms with Crippen LogP contribution in [0.5, 0.6) is 0 Å². The van der Waals surface area contributed by atoms with E-state index in [0.717, 1.165) is 21.1 Å². The molecule has 0 amide bonds. The lowest BCUT2D eigenvalue weighted by Crippen LogP contribution is -2.00. The molecule has 3 aromatic rings. The third-order valence-corrected chi connectivity index (χ3v) is 4.74. The van der Waals surface area contributed by atoms with E-state index < -0.39 is 0 Å². The Kier molecular flexibility index (Phi) is 3.04. The predicted octanol–water partition coefficient (Wildman–Crippen LogP) is 3.53. The summed E-state index contributed by atoms with van der Waals surface area (Å²) >= 11 is 3.29. The Hall–Kier alpha value is -1.79. The van der Waals surface area contributed by atoms with Gasteiger partial charge in [0.15, 0.2) is 0 Å². The highest BCUT2D eigenvalue weighted by Gasteiger charge is 2.15. The predicted molar refractivity (Wildman–Crippen MR) is 80.3 cm³/mol. The van der Waals surface area contributed by atoms with Gasteiger partial charge in [-0.3, -0.25) is 0 Å². The van der Waals surface area contributed by atoms with Gasteiger partial charge in [0, 0.05) is 0 Å². The fraction of sp³-hybridized carbons (Fsp3) is 0.154. The number of nitrogens with zero attached hydrogens (tertiary/aromatic N) is 3. The van der Waals surface area contributed by atoms with E-state index in [9.17, 15) is 0 Å². The number of hydrogen-bond acceptors (Lipinski definition) is 6. The van der Waals surface area contributed by atoms with Crippen molar-refractivity contribution in [2.24, 2.45) is 0 Å². The molecule has 0 spiro atoms. The zero-order chi connectivity index (χ0) is 13.4. The maximum Gasteiger partial charge on any atom is 0.240 e.